The second-order valence-corrected chi connectivity index (χ2v) is 3.78. The van der Waals surface area contributed by atoms with Crippen LogP contribution in [0.5, 0.6) is 0 Å². The number of nitrogens with two attached hydrogens (primary N) is 1. The molecule has 0 heterocycles. The first-order chi connectivity index (χ1) is 10.1. The minimum absolute atomic E-state index is 0. The van der Waals surface area contributed by atoms with Crippen LogP contribution in [0.2, 0.25) is 0 Å². The number of amides is 2. The van der Waals surface area contributed by atoms with Crippen LogP contribution in [0.25, 0.3) is 0 Å². The average Bonchev–Trinajstić information content (AvgIpc) is 2.40. The molecular formula is C11H19N3O9Zn. The third-order valence-corrected chi connectivity index (χ3v) is 1.72. The van der Waals surface area contributed by atoms with Gasteiger partial charge in [-0.2, -0.15) is 5.01 Å². The number of nitroso groups, excluding NO2 is 1. The smallest absolute Gasteiger partial charge is 2.00 e. The molecule has 0 aliphatic heterocycles. The van der Waals surface area contributed by atoms with E-state index in [0.29, 0.717) is 5.01 Å². The van der Waals surface area contributed by atoms with Crippen molar-refractivity contribution in [2.45, 2.75) is 26.9 Å². The molecule has 0 aromatic carbocycles. The fourth-order valence-corrected chi connectivity index (χ4v) is 0.812. The summed E-state index contributed by atoms with van der Waals surface area (Å²) in [5.41, 5.74) is 4.54. The van der Waals surface area contributed by atoms with Crippen molar-refractivity contribution in [3.8, 4) is 0 Å². The minimum Gasteiger partial charge on any atom is -2.00 e. The van der Waals surface area contributed by atoms with E-state index in [1.54, 1.807) is 0 Å². The van der Waals surface area contributed by atoms with Crippen LogP contribution in [0.1, 0.15) is 20.8 Å². The summed E-state index contributed by atoms with van der Waals surface area (Å²) in [5, 5.41) is 2.70. The Bertz CT molecular complexity index is 402. The Hall–Kier alpha value is -2.14. The maximum atomic E-state index is 10.6. The van der Waals surface area contributed by atoms with Gasteiger partial charge in [-0.05, 0) is 0 Å². The summed E-state index contributed by atoms with van der Waals surface area (Å²) in [5.74, 6) is -1.51. The Kier molecular flexibility index (Phi) is 21.4. The Labute approximate surface area is 151 Å². The largest absolute Gasteiger partial charge is 2.00 e. The molecule has 0 aliphatic carbocycles. The van der Waals surface area contributed by atoms with E-state index in [1.165, 1.54) is 27.8 Å². The Morgan fingerprint density at radius 1 is 1.00 bits per heavy atom. The number of nitrogens with zero attached hydrogens (tertiary/aromatic N) is 2. The molecule has 0 unspecified atom stereocenters. The third kappa shape index (κ3) is 22.1. The fourth-order valence-electron chi connectivity index (χ4n) is 0.812. The number of hydrogen-bond donors (Lipinski definition) is 1. The molecule has 0 saturated heterocycles. The first-order valence-electron chi connectivity index (χ1n) is 5.90. The van der Waals surface area contributed by atoms with Crippen LogP contribution in [0.15, 0.2) is 5.29 Å². The number of primary amides is 1. The third-order valence-electron chi connectivity index (χ3n) is 1.72. The SMILES string of the molecule is CC(=O)OCC(COC(C)=O)OC(C)=O.CN(N=O)C(N)=O.[O-2].[Zn+2]. The first-order valence-corrected chi connectivity index (χ1v) is 5.90. The summed E-state index contributed by atoms with van der Waals surface area (Å²) in [6.07, 6.45) is -0.754. The van der Waals surface area contributed by atoms with Gasteiger partial charge in [0.2, 0.25) is 0 Å². The van der Waals surface area contributed by atoms with E-state index in [9.17, 15) is 24.1 Å². The summed E-state index contributed by atoms with van der Waals surface area (Å²) in [7, 11) is 1.18. The number of carbonyl (C=O) groups is 4. The number of ether oxygens (including phenoxy) is 3. The predicted octanol–water partition coefficient (Wildman–Crippen LogP) is -0.399. The molecule has 0 bridgehead atoms. The topological polar surface area (TPSA) is 183 Å². The summed E-state index contributed by atoms with van der Waals surface area (Å²) in [6.45, 7) is 3.44. The number of carbonyl (C=O) groups excluding carboxylic acids is 4. The van der Waals surface area contributed by atoms with Crippen molar-refractivity contribution in [3.63, 3.8) is 0 Å². The van der Waals surface area contributed by atoms with Crippen molar-refractivity contribution in [2.24, 2.45) is 11.0 Å². The van der Waals surface area contributed by atoms with Gasteiger partial charge in [0.15, 0.2) is 6.10 Å². The second kappa shape index (κ2) is 17.2. The molecule has 2 amide bonds. The van der Waals surface area contributed by atoms with Crippen molar-refractivity contribution in [3.05, 3.63) is 4.91 Å². The van der Waals surface area contributed by atoms with Crippen LogP contribution in [-0.4, -0.2) is 55.3 Å². The zero-order valence-electron chi connectivity index (χ0n) is 13.8. The van der Waals surface area contributed by atoms with E-state index in [2.05, 4.69) is 20.5 Å². The van der Waals surface area contributed by atoms with Gasteiger partial charge in [-0.15, -0.1) is 4.91 Å². The van der Waals surface area contributed by atoms with E-state index < -0.39 is 30.0 Å². The van der Waals surface area contributed by atoms with Crippen molar-refractivity contribution >= 4 is 23.9 Å². The van der Waals surface area contributed by atoms with Crippen molar-refractivity contribution in [1.82, 2.24) is 5.01 Å². The van der Waals surface area contributed by atoms with Gasteiger partial charge in [0.1, 0.15) is 13.2 Å². The first kappa shape index (κ1) is 29.8. The molecule has 0 saturated carbocycles. The van der Waals surface area contributed by atoms with Crippen molar-refractivity contribution < 1.29 is 58.3 Å². The minimum atomic E-state index is -0.852. The maximum absolute atomic E-state index is 10.6. The number of rotatable bonds is 6. The van der Waals surface area contributed by atoms with Gasteiger partial charge >= 0.3 is 43.4 Å². The molecule has 12 nitrogen and oxygen atoms in total. The number of esters is 3. The molecule has 0 fully saturated rings. The van der Waals surface area contributed by atoms with Gasteiger partial charge in [-0.25, -0.2) is 4.79 Å². The zero-order chi connectivity index (χ0) is 17.7. The van der Waals surface area contributed by atoms with Crippen LogP contribution in [0, 0.1) is 4.91 Å². The van der Waals surface area contributed by atoms with Gasteiger partial charge in [0.05, 0.1) is 5.29 Å². The predicted molar refractivity (Wildman–Crippen MR) is 72.6 cm³/mol. The molecule has 0 aromatic rings. The molecule has 134 valence electrons. The van der Waals surface area contributed by atoms with Gasteiger partial charge in [0, 0.05) is 27.8 Å². The zero-order valence-corrected chi connectivity index (χ0v) is 16.8. The van der Waals surface area contributed by atoms with Crippen LogP contribution in [0.3, 0.4) is 0 Å². The number of urea groups is 1. The van der Waals surface area contributed by atoms with Crippen LogP contribution in [-0.2, 0) is 53.5 Å². The van der Waals surface area contributed by atoms with Gasteiger partial charge in [-0.3, -0.25) is 14.4 Å². The fraction of sp³-hybridized carbons (Fsp3) is 0.636. The average molecular weight is 403 g/mol. The second-order valence-electron chi connectivity index (χ2n) is 3.78. The van der Waals surface area contributed by atoms with Crippen LogP contribution >= 0.6 is 0 Å². The molecule has 0 spiro atoms. The summed E-state index contributed by atoms with van der Waals surface area (Å²) >= 11 is 0. The van der Waals surface area contributed by atoms with Crippen molar-refractivity contribution in [2.75, 3.05) is 20.3 Å². The summed E-state index contributed by atoms with van der Waals surface area (Å²) in [6, 6.07) is -0.852. The monoisotopic (exact) mass is 401 g/mol. The molecule has 2 N–H and O–H groups in total. The van der Waals surface area contributed by atoms with E-state index in [-0.39, 0.29) is 38.2 Å². The van der Waals surface area contributed by atoms with Crippen molar-refractivity contribution in [1.29, 1.82) is 0 Å². The normalized spacial score (nSPS) is 8.21. The molecule has 0 radical (unpaired) electrons. The van der Waals surface area contributed by atoms with E-state index in [0.717, 1.165) is 0 Å². The summed E-state index contributed by atoms with van der Waals surface area (Å²) in [4.78, 5) is 50.7. The van der Waals surface area contributed by atoms with Gasteiger partial charge in [0.25, 0.3) is 0 Å². The standard InChI is InChI=1S/C9H14O6.C2H5N3O2.O.Zn/c1-6(10)13-4-9(15-8(3)12)5-14-7(2)11;1-5(4-7)2(3)6;;/h9H,4-5H2,1-3H3;1H3,(H2,3,6);;/q;;-2;+2. The molecule has 0 aromatic heterocycles. The van der Waals surface area contributed by atoms with Gasteiger partial charge in [-0.1, -0.05) is 0 Å². The molecular weight excluding hydrogens is 384 g/mol. The van der Waals surface area contributed by atoms with E-state index >= 15 is 0 Å². The molecule has 0 aliphatic rings. The van der Waals surface area contributed by atoms with Crippen LogP contribution in [0.4, 0.5) is 4.79 Å². The molecule has 13 heteroatoms. The quantitative estimate of drug-likeness (QED) is 0.204. The summed E-state index contributed by atoms with van der Waals surface area (Å²) < 4.78 is 14.0. The maximum Gasteiger partial charge on any atom is 2.00 e. The number of hydrogen-bond acceptors (Lipinski definition) is 9. The Morgan fingerprint density at radius 2 is 1.38 bits per heavy atom. The van der Waals surface area contributed by atoms with E-state index in [4.69, 9.17) is 4.74 Å². The molecule has 0 atom stereocenters. The Balaban J connectivity index is -0.000000191. The van der Waals surface area contributed by atoms with Crippen LogP contribution < -0.4 is 5.73 Å². The molecule has 24 heavy (non-hydrogen) atoms. The van der Waals surface area contributed by atoms with E-state index in [1.807, 2.05) is 0 Å². The Morgan fingerprint density at radius 3 is 1.54 bits per heavy atom. The van der Waals surface area contributed by atoms with Gasteiger partial charge < -0.3 is 25.4 Å². The molecule has 0 rings (SSSR count).